The van der Waals surface area contributed by atoms with Crippen LogP contribution in [0.15, 0.2) is 30.0 Å². The lowest BCUT2D eigenvalue weighted by molar-refractivity contribution is -0.141. The third-order valence-corrected chi connectivity index (χ3v) is 6.75. The monoisotopic (exact) mass is 410 g/mol. The van der Waals surface area contributed by atoms with Crippen LogP contribution >= 0.6 is 0 Å². The summed E-state index contributed by atoms with van der Waals surface area (Å²) in [4.78, 5) is 30.9. The molecule has 1 aromatic rings. The maximum absolute atomic E-state index is 13.6. The molecule has 1 saturated carbocycles. The van der Waals surface area contributed by atoms with Gasteiger partial charge in [-0.3, -0.25) is 14.5 Å². The molecule has 0 bridgehead atoms. The molecule has 0 spiro atoms. The standard InChI is InChI=1S/C25H34N2O3/c1-3-17-30-21-11-9-19(10-12-21)22-23(26-15-13-18(2)14-16-26)25(29)27(24(22)28)20-7-5-4-6-8-20/h9-12,18,20H,3-8,13-17H2,1-2H3. The summed E-state index contributed by atoms with van der Waals surface area (Å²) in [7, 11) is 0. The number of nitrogens with zero attached hydrogens (tertiary/aromatic N) is 2. The van der Waals surface area contributed by atoms with E-state index in [0.717, 1.165) is 69.3 Å². The third-order valence-electron chi connectivity index (χ3n) is 6.75. The van der Waals surface area contributed by atoms with E-state index in [0.29, 0.717) is 23.8 Å². The Kier molecular flexibility index (Phi) is 6.45. The van der Waals surface area contributed by atoms with Crippen LogP contribution in [0.4, 0.5) is 0 Å². The Hall–Kier alpha value is -2.30. The van der Waals surface area contributed by atoms with E-state index in [1.807, 2.05) is 24.3 Å². The number of carbonyl (C=O) groups is 2. The predicted molar refractivity (Wildman–Crippen MR) is 118 cm³/mol. The lowest BCUT2D eigenvalue weighted by Gasteiger charge is -2.34. The Balaban J connectivity index is 1.67. The number of carbonyl (C=O) groups excluding carboxylic acids is 2. The summed E-state index contributed by atoms with van der Waals surface area (Å²) in [6.07, 6.45) is 8.32. The van der Waals surface area contributed by atoms with Crippen molar-refractivity contribution in [3.63, 3.8) is 0 Å². The minimum Gasteiger partial charge on any atom is -0.494 e. The molecule has 0 radical (unpaired) electrons. The van der Waals surface area contributed by atoms with Crippen molar-refractivity contribution in [3.05, 3.63) is 35.5 Å². The smallest absolute Gasteiger partial charge is 0.278 e. The Morgan fingerprint density at radius 3 is 2.23 bits per heavy atom. The molecule has 4 rings (SSSR count). The van der Waals surface area contributed by atoms with E-state index in [9.17, 15) is 9.59 Å². The van der Waals surface area contributed by atoms with Gasteiger partial charge in [0.2, 0.25) is 0 Å². The van der Waals surface area contributed by atoms with Crippen molar-refractivity contribution in [2.24, 2.45) is 5.92 Å². The van der Waals surface area contributed by atoms with E-state index < -0.39 is 0 Å². The van der Waals surface area contributed by atoms with Gasteiger partial charge in [-0.2, -0.15) is 0 Å². The summed E-state index contributed by atoms with van der Waals surface area (Å²) in [6, 6.07) is 7.73. The van der Waals surface area contributed by atoms with Gasteiger partial charge in [0, 0.05) is 19.1 Å². The van der Waals surface area contributed by atoms with E-state index in [1.165, 1.54) is 6.42 Å². The van der Waals surface area contributed by atoms with Crippen LogP contribution < -0.4 is 4.74 Å². The van der Waals surface area contributed by atoms with E-state index in [1.54, 1.807) is 4.90 Å². The number of hydrogen-bond acceptors (Lipinski definition) is 4. The van der Waals surface area contributed by atoms with E-state index >= 15 is 0 Å². The predicted octanol–water partition coefficient (Wildman–Crippen LogP) is 4.62. The first kappa shape index (κ1) is 21.0. The molecule has 0 aromatic heterocycles. The van der Waals surface area contributed by atoms with Gasteiger partial charge in [-0.05, 0) is 55.7 Å². The fourth-order valence-corrected chi connectivity index (χ4v) is 4.93. The van der Waals surface area contributed by atoms with Gasteiger partial charge in [0.05, 0.1) is 12.2 Å². The molecule has 1 saturated heterocycles. The van der Waals surface area contributed by atoms with Gasteiger partial charge in [-0.1, -0.05) is 45.2 Å². The maximum Gasteiger partial charge on any atom is 0.278 e. The third kappa shape index (κ3) is 4.12. The highest BCUT2D eigenvalue weighted by molar-refractivity contribution is 6.35. The minimum atomic E-state index is -0.109. The number of rotatable bonds is 6. The molecule has 3 aliphatic rings. The summed E-state index contributed by atoms with van der Waals surface area (Å²) in [6.45, 7) is 6.70. The number of amides is 2. The molecule has 2 aliphatic heterocycles. The van der Waals surface area contributed by atoms with Crippen LogP contribution in [0.3, 0.4) is 0 Å². The summed E-state index contributed by atoms with van der Waals surface area (Å²) < 4.78 is 5.70. The summed E-state index contributed by atoms with van der Waals surface area (Å²) in [5.74, 6) is 1.28. The van der Waals surface area contributed by atoms with Crippen LogP contribution in [0.2, 0.25) is 0 Å². The average molecular weight is 411 g/mol. The minimum absolute atomic E-state index is 0.0436. The number of ether oxygens (including phenoxy) is 1. The molecule has 5 heteroatoms. The first-order valence-electron chi connectivity index (χ1n) is 11.7. The number of likely N-dealkylation sites (tertiary alicyclic amines) is 1. The van der Waals surface area contributed by atoms with Crippen molar-refractivity contribution < 1.29 is 14.3 Å². The van der Waals surface area contributed by atoms with E-state index in [-0.39, 0.29) is 17.9 Å². The number of benzene rings is 1. The van der Waals surface area contributed by atoms with Gasteiger partial charge in [-0.25, -0.2) is 0 Å². The van der Waals surface area contributed by atoms with Gasteiger partial charge < -0.3 is 9.64 Å². The van der Waals surface area contributed by atoms with Crippen LogP contribution in [-0.4, -0.2) is 47.4 Å². The van der Waals surface area contributed by atoms with Crippen LogP contribution in [0.5, 0.6) is 5.75 Å². The first-order valence-corrected chi connectivity index (χ1v) is 11.7. The number of hydrogen-bond donors (Lipinski definition) is 0. The summed E-state index contributed by atoms with van der Waals surface area (Å²) >= 11 is 0. The lowest BCUT2D eigenvalue weighted by atomic mass is 9.94. The van der Waals surface area contributed by atoms with Crippen molar-refractivity contribution in [1.29, 1.82) is 0 Å². The van der Waals surface area contributed by atoms with Gasteiger partial charge in [-0.15, -0.1) is 0 Å². The highest BCUT2D eigenvalue weighted by Crippen LogP contribution is 2.37. The molecule has 1 aliphatic carbocycles. The zero-order valence-corrected chi connectivity index (χ0v) is 18.4. The second kappa shape index (κ2) is 9.23. The van der Waals surface area contributed by atoms with E-state index in [4.69, 9.17) is 4.74 Å². The van der Waals surface area contributed by atoms with E-state index in [2.05, 4.69) is 18.7 Å². The molecule has 1 aromatic carbocycles. The van der Waals surface area contributed by atoms with Crippen LogP contribution in [0.25, 0.3) is 5.57 Å². The van der Waals surface area contributed by atoms with Crippen LogP contribution in [0.1, 0.15) is 70.8 Å². The van der Waals surface area contributed by atoms with Gasteiger partial charge in [0.25, 0.3) is 11.8 Å². The molecule has 5 nitrogen and oxygen atoms in total. The molecule has 0 atom stereocenters. The quantitative estimate of drug-likeness (QED) is 0.642. The normalized spacial score (nSPS) is 21.7. The lowest BCUT2D eigenvalue weighted by Crippen LogP contribution is -2.44. The molecule has 0 N–H and O–H groups in total. The zero-order valence-electron chi connectivity index (χ0n) is 18.4. The Bertz CT molecular complexity index is 800. The van der Waals surface area contributed by atoms with Gasteiger partial charge in [0.15, 0.2) is 0 Å². The molecule has 162 valence electrons. The molecule has 2 fully saturated rings. The highest BCUT2D eigenvalue weighted by Gasteiger charge is 2.45. The van der Waals surface area contributed by atoms with Crippen LogP contribution in [0, 0.1) is 5.92 Å². The molecule has 2 heterocycles. The summed E-state index contributed by atoms with van der Waals surface area (Å²) in [5, 5.41) is 0. The number of piperidine rings is 1. The summed E-state index contributed by atoms with van der Waals surface area (Å²) in [5.41, 5.74) is 2.03. The second-order valence-corrected chi connectivity index (χ2v) is 9.04. The highest BCUT2D eigenvalue weighted by atomic mass is 16.5. The molecular weight excluding hydrogens is 376 g/mol. The Morgan fingerprint density at radius 1 is 0.933 bits per heavy atom. The van der Waals surface area contributed by atoms with Crippen molar-refractivity contribution >= 4 is 17.4 Å². The van der Waals surface area contributed by atoms with Gasteiger partial charge in [0.1, 0.15) is 11.4 Å². The maximum atomic E-state index is 13.6. The molecular formula is C25H34N2O3. The molecule has 2 amide bonds. The SMILES string of the molecule is CCCOc1ccc(C2=C(N3CCC(C)CC3)C(=O)N(C3CCCCC3)C2=O)cc1. The topological polar surface area (TPSA) is 49.9 Å². The molecule has 30 heavy (non-hydrogen) atoms. The Morgan fingerprint density at radius 2 is 1.60 bits per heavy atom. The first-order chi connectivity index (χ1) is 14.6. The second-order valence-electron chi connectivity index (χ2n) is 9.04. The van der Waals surface area contributed by atoms with Crippen LogP contribution in [-0.2, 0) is 9.59 Å². The Labute approximate surface area is 180 Å². The van der Waals surface area contributed by atoms with Crippen molar-refractivity contribution in [1.82, 2.24) is 9.80 Å². The van der Waals surface area contributed by atoms with Crippen molar-refractivity contribution in [2.75, 3.05) is 19.7 Å². The largest absolute Gasteiger partial charge is 0.494 e. The van der Waals surface area contributed by atoms with Gasteiger partial charge >= 0.3 is 0 Å². The number of imide groups is 1. The zero-order chi connectivity index (χ0) is 21.1. The van der Waals surface area contributed by atoms with Crippen molar-refractivity contribution in [3.8, 4) is 5.75 Å². The molecule has 0 unspecified atom stereocenters. The van der Waals surface area contributed by atoms with Crippen molar-refractivity contribution in [2.45, 2.75) is 71.3 Å². The fourth-order valence-electron chi connectivity index (χ4n) is 4.93. The average Bonchev–Trinajstić information content (AvgIpc) is 3.04. The fraction of sp³-hybridized carbons (Fsp3) is 0.600.